The number of ether oxygens (including phenoxy) is 2. The molecule has 0 aliphatic heterocycles. The Hall–Kier alpha value is -6.02. The highest BCUT2D eigenvalue weighted by Crippen LogP contribution is 2.29. The Bertz CT molecular complexity index is 2200. The Morgan fingerprint density at radius 2 is 1.19 bits per heavy atom. The van der Waals surface area contributed by atoms with Crippen LogP contribution in [-0.4, -0.2) is 31.4 Å². The van der Waals surface area contributed by atoms with Gasteiger partial charge in [-0.05, 0) is 89.6 Å². The van der Waals surface area contributed by atoms with Gasteiger partial charge in [-0.1, -0.05) is 19.6 Å². The van der Waals surface area contributed by atoms with Gasteiger partial charge < -0.3 is 14.5 Å². The zero-order chi connectivity index (χ0) is 28.3. The third-order valence-corrected chi connectivity index (χ3v) is 6.89. The van der Waals surface area contributed by atoms with Crippen LogP contribution in [0.2, 0.25) is 0 Å². The molecule has 210 valence electrons. The number of hydrogen-bond donors (Lipinski definition) is 2. The molecule has 0 saturated heterocycles. The normalized spacial score (nSPS) is 10.7. The summed E-state index contributed by atoms with van der Waals surface area (Å²) in [5, 5.41) is 13.0. The highest BCUT2D eigenvalue weighted by Gasteiger charge is 2.07. The Kier molecular flexibility index (Phi) is 7.48. The number of hydrogen-bond acceptors (Lipinski definition) is 6. The average Bonchev–Trinajstić information content (AvgIpc) is 3.68. The Balaban J connectivity index is 0.000000150. The number of nitrogens with one attached hydrogen (secondary N) is 2. The van der Waals surface area contributed by atoms with Gasteiger partial charge in [-0.25, -0.2) is 0 Å². The monoisotopic (exact) mass is 565 g/mol. The van der Waals surface area contributed by atoms with Crippen molar-refractivity contribution in [1.82, 2.24) is 25.1 Å². The topological polar surface area (TPSA) is 106 Å². The molecule has 8 rings (SSSR count). The van der Waals surface area contributed by atoms with Crippen molar-refractivity contribution < 1.29 is 14.3 Å². The van der Waals surface area contributed by atoms with Crippen molar-refractivity contribution in [3.63, 3.8) is 0 Å². The molecule has 0 aliphatic carbocycles. The van der Waals surface area contributed by atoms with Crippen LogP contribution >= 0.6 is 0 Å². The highest BCUT2D eigenvalue weighted by atomic mass is 16.5. The summed E-state index contributed by atoms with van der Waals surface area (Å²) in [5.74, 6) is 3.02. The third kappa shape index (κ3) is 5.75. The second-order valence-corrected chi connectivity index (χ2v) is 9.63. The fourth-order valence-corrected chi connectivity index (χ4v) is 4.78. The zero-order valence-corrected chi connectivity index (χ0v) is 22.2. The molecule has 4 aromatic heterocycles. The lowest BCUT2D eigenvalue weighted by Crippen LogP contribution is -1.85. The number of aldehydes is 1. The van der Waals surface area contributed by atoms with E-state index in [-0.39, 0.29) is 7.43 Å². The van der Waals surface area contributed by atoms with Crippen molar-refractivity contribution in [2.45, 2.75) is 7.43 Å². The smallest absolute Gasteiger partial charge is 0.168 e. The quantitative estimate of drug-likeness (QED) is 0.202. The molecule has 4 heterocycles. The van der Waals surface area contributed by atoms with E-state index in [9.17, 15) is 4.79 Å². The molecule has 8 aromatic rings. The molecule has 43 heavy (non-hydrogen) atoms. The molecule has 0 bridgehead atoms. The van der Waals surface area contributed by atoms with Gasteiger partial charge >= 0.3 is 0 Å². The van der Waals surface area contributed by atoms with Crippen LogP contribution in [0.15, 0.2) is 122 Å². The molecule has 2 N–H and O–H groups in total. The van der Waals surface area contributed by atoms with Crippen LogP contribution in [0.3, 0.4) is 0 Å². The molecule has 0 atom stereocenters. The van der Waals surface area contributed by atoms with Crippen molar-refractivity contribution >= 4 is 49.6 Å². The zero-order valence-electron chi connectivity index (χ0n) is 22.2. The lowest BCUT2D eigenvalue weighted by atomic mass is 10.2. The summed E-state index contributed by atoms with van der Waals surface area (Å²) < 4.78 is 11.8. The first-order chi connectivity index (χ1) is 20.7. The average molecular weight is 566 g/mol. The number of pyridine rings is 2. The number of fused-ring (bicyclic) bond motifs is 4. The maximum atomic E-state index is 11.0. The number of carbonyl (C=O) groups is 1. The second kappa shape index (κ2) is 11.8. The molecular formula is C35H27N5O3. The lowest BCUT2D eigenvalue weighted by Gasteiger charge is -2.07. The van der Waals surface area contributed by atoms with E-state index >= 15 is 0 Å². The van der Waals surface area contributed by atoms with Crippen LogP contribution in [0.25, 0.3) is 43.4 Å². The molecule has 0 fully saturated rings. The lowest BCUT2D eigenvalue weighted by molar-refractivity contribution is 0.112. The summed E-state index contributed by atoms with van der Waals surface area (Å²) in [6.45, 7) is 0. The van der Waals surface area contributed by atoms with Gasteiger partial charge in [-0.15, -0.1) is 0 Å². The number of carbonyl (C=O) groups excluding carboxylic acids is 1. The number of aromatic nitrogens is 5. The van der Waals surface area contributed by atoms with Crippen molar-refractivity contribution in [2.75, 3.05) is 0 Å². The van der Waals surface area contributed by atoms with E-state index in [1.807, 2.05) is 97.3 Å². The van der Waals surface area contributed by atoms with E-state index in [4.69, 9.17) is 9.47 Å². The first-order valence-corrected chi connectivity index (χ1v) is 13.3. The van der Waals surface area contributed by atoms with Gasteiger partial charge in [-0.3, -0.25) is 19.9 Å². The molecule has 0 radical (unpaired) electrons. The molecule has 8 nitrogen and oxygen atoms in total. The fourth-order valence-electron chi connectivity index (χ4n) is 4.78. The highest BCUT2D eigenvalue weighted by molar-refractivity contribution is 5.95. The first-order valence-electron chi connectivity index (χ1n) is 13.3. The van der Waals surface area contributed by atoms with Gasteiger partial charge in [0.1, 0.15) is 28.7 Å². The van der Waals surface area contributed by atoms with E-state index in [1.165, 1.54) is 0 Å². The summed E-state index contributed by atoms with van der Waals surface area (Å²) in [6.07, 6.45) is 9.87. The van der Waals surface area contributed by atoms with Crippen molar-refractivity contribution in [2.24, 2.45) is 0 Å². The summed E-state index contributed by atoms with van der Waals surface area (Å²) in [4.78, 5) is 22.4. The Morgan fingerprint density at radius 3 is 1.84 bits per heavy atom. The van der Waals surface area contributed by atoms with Crippen LogP contribution in [0.1, 0.15) is 17.9 Å². The molecule has 0 unspecified atom stereocenters. The standard InChI is InChI=1S/C17H11N3O2.C17H12N2O.CH4/c21-10-17-15-8-14(3-4-16(15)19-20-17)22-13-2-1-11-5-6-18-9-12(11)7-13;1-2-15(10-14-11-18-7-5-12(1)14)20-16-3-4-17-13(9-16)6-8-19-17;/h1-10H,(H,19,20);1-11,19H;1H4. The van der Waals surface area contributed by atoms with Gasteiger partial charge in [0.25, 0.3) is 0 Å². The van der Waals surface area contributed by atoms with Gasteiger partial charge in [0, 0.05) is 58.0 Å². The van der Waals surface area contributed by atoms with Crippen molar-refractivity contribution in [3.05, 3.63) is 128 Å². The molecule has 0 saturated carbocycles. The molecule has 0 spiro atoms. The second-order valence-electron chi connectivity index (χ2n) is 9.63. The van der Waals surface area contributed by atoms with Gasteiger partial charge in [-0.2, -0.15) is 5.10 Å². The Labute approximate surface area is 247 Å². The van der Waals surface area contributed by atoms with Crippen LogP contribution in [-0.2, 0) is 0 Å². The number of rotatable bonds is 5. The number of nitrogens with zero attached hydrogens (tertiary/aromatic N) is 3. The summed E-state index contributed by atoms with van der Waals surface area (Å²) in [6, 6.07) is 29.3. The minimum Gasteiger partial charge on any atom is -0.457 e. The molecular weight excluding hydrogens is 538 g/mol. The number of benzene rings is 4. The van der Waals surface area contributed by atoms with Crippen LogP contribution in [0.4, 0.5) is 0 Å². The summed E-state index contributed by atoms with van der Waals surface area (Å²) in [7, 11) is 0. The molecule has 0 aliphatic rings. The van der Waals surface area contributed by atoms with E-state index in [1.54, 1.807) is 24.7 Å². The number of aromatic amines is 2. The Morgan fingerprint density at radius 1 is 0.605 bits per heavy atom. The first kappa shape index (κ1) is 27.2. The van der Waals surface area contributed by atoms with E-state index < -0.39 is 0 Å². The fraction of sp³-hybridized carbons (Fsp3) is 0.0286. The van der Waals surface area contributed by atoms with E-state index in [0.29, 0.717) is 11.4 Å². The minimum atomic E-state index is 0. The van der Waals surface area contributed by atoms with Crippen LogP contribution in [0, 0.1) is 0 Å². The minimum absolute atomic E-state index is 0. The predicted molar refractivity (Wildman–Crippen MR) is 170 cm³/mol. The largest absolute Gasteiger partial charge is 0.457 e. The van der Waals surface area contributed by atoms with Crippen LogP contribution < -0.4 is 9.47 Å². The van der Waals surface area contributed by atoms with Crippen LogP contribution in [0.5, 0.6) is 23.0 Å². The van der Waals surface area contributed by atoms with Gasteiger partial charge in [0.15, 0.2) is 6.29 Å². The SMILES string of the molecule is C.O=Cc1[nH]nc2ccc(Oc3ccc4ccncc4c3)cc12.c1cc2ccc(Oc3ccc4[nH]ccc4c3)cc2cn1. The maximum Gasteiger partial charge on any atom is 0.168 e. The third-order valence-electron chi connectivity index (χ3n) is 6.89. The number of H-pyrrole nitrogens is 2. The molecule has 8 heteroatoms. The summed E-state index contributed by atoms with van der Waals surface area (Å²) in [5.41, 5.74) is 2.29. The summed E-state index contributed by atoms with van der Waals surface area (Å²) >= 11 is 0. The van der Waals surface area contributed by atoms with Gasteiger partial charge in [0.2, 0.25) is 0 Å². The maximum absolute atomic E-state index is 11.0. The predicted octanol–water partition coefficient (Wildman–Crippen LogP) is 8.86. The molecule has 4 aromatic carbocycles. The van der Waals surface area contributed by atoms with E-state index in [2.05, 4.69) is 25.1 Å². The van der Waals surface area contributed by atoms with Crippen molar-refractivity contribution in [3.8, 4) is 23.0 Å². The molecule has 0 amide bonds. The van der Waals surface area contributed by atoms with E-state index in [0.717, 1.165) is 66.9 Å². The van der Waals surface area contributed by atoms with Crippen molar-refractivity contribution in [1.29, 1.82) is 0 Å². The van der Waals surface area contributed by atoms with Gasteiger partial charge in [0.05, 0.1) is 5.52 Å².